The first-order valence-electron chi connectivity index (χ1n) is 14.5. The fraction of sp³-hybridized carbons (Fsp3) is 0.594. The summed E-state index contributed by atoms with van der Waals surface area (Å²) in [5, 5.41) is 6.69. The third-order valence-electron chi connectivity index (χ3n) is 7.93. The number of methoxy groups -OCH3 is 1. The van der Waals surface area contributed by atoms with E-state index in [9.17, 15) is 4.79 Å². The van der Waals surface area contributed by atoms with Crippen LogP contribution in [0.3, 0.4) is 0 Å². The summed E-state index contributed by atoms with van der Waals surface area (Å²) < 4.78 is 24.7. The minimum Gasteiger partial charge on any atom is -0.379 e. The molecule has 0 aliphatic carbocycles. The molecule has 7 heteroatoms. The topological polar surface area (TPSA) is 78.1 Å². The number of nitrogens with one attached hydrogen (secondary N) is 2. The van der Waals surface area contributed by atoms with Crippen LogP contribution in [0, 0.1) is 12.8 Å². The minimum absolute atomic E-state index is 0.0167. The molecule has 7 atom stereocenters. The van der Waals surface area contributed by atoms with Crippen LogP contribution in [0.2, 0.25) is 0 Å². The molecule has 39 heavy (non-hydrogen) atoms. The predicted molar refractivity (Wildman–Crippen MR) is 152 cm³/mol. The van der Waals surface area contributed by atoms with Crippen molar-refractivity contribution in [2.45, 2.75) is 96.2 Å². The largest absolute Gasteiger partial charge is 0.379 e. The lowest BCUT2D eigenvalue weighted by atomic mass is 9.94. The molecule has 0 saturated carbocycles. The molecule has 214 valence electrons. The molecular formula is C32H46N2O5. The highest BCUT2D eigenvalue weighted by Gasteiger charge is 2.35. The van der Waals surface area contributed by atoms with E-state index < -0.39 is 0 Å². The molecule has 4 rings (SSSR count). The molecule has 0 spiro atoms. The number of hydrogen-bond donors (Lipinski definition) is 2. The molecule has 2 saturated heterocycles. The smallest absolute Gasteiger partial charge is 0.225 e. The van der Waals surface area contributed by atoms with Gasteiger partial charge in [0.25, 0.3) is 0 Å². The maximum Gasteiger partial charge on any atom is 0.225 e. The summed E-state index contributed by atoms with van der Waals surface area (Å²) >= 11 is 0. The van der Waals surface area contributed by atoms with Crippen LogP contribution in [0.25, 0.3) is 0 Å². The molecule has 2 N–H and O–H groups in total. The summed E-state index contributed by atoms with van der Waals surface area (Å²) in [6.07, 6.45) is 4.01. The van der Waals surface area contributed by atoms with Gasteiger partial charge in [-0.25, -0.2) is 0 Å². The number of hydrogen-bond acceptors (Lipinski definition) is 6. The average molecular weight is 539 g/mol. The van der Waals surface area contributed by atoms with Crippen LogP contribution < -0.4 is 10.6 Å². The van der Waals surface area contributed by atoms with Gasteiger partial charge in [-0.05, 0) is 63.6 Å². The van der Waals surface area contributed by atoms with Gasteiger partial charge in [0.1, 0.15) is 6.10 Å². The van der Waals surface area contributed by atoms with Gasteiger partial charge in [0.05, 0.1) is 37.4 Å². The molecule has 2 aliphatic heterocycles. The second-order valence-corrected chi connectivity index (χ2v) is 11.1. The van der Waals surface area contributed by atoms with Gasteiger partial charge in [-0.1, -0.05) is 67.1 Å². The second kappa shape index (κ2) is 14.9. The summed E-state index contributed by atoms with van der Waals surface area (Å²) in [7, 11) is 1.69. The van der Waals surface area contributed by atoms with Crippen molar-refractivity contribution in [2.24, 2.45) is 5.92 Å². The van der Waals surface area contributed by atoms with Crippen molar-refractivity contribution in [3.63, 3.8) is 0 Å². The summed E-state index contributed by atoms with van der Waals surface area (Å²) in [4.78, 5) is 13.3. The van der Waals surface area contributed by atoms with Crippen molar-refractivity contribution < 1.29 is 23.7 Å². The maximum atomic E-state index is 13.3. The third-order valence-corrected chi connectivity index (χ3v) is 7.93. The van der Waals surface area contributed by atoms with Gasteiger partial charge in [-0.3, -0.25) is 4.79 Å². The van der Waals surface area contributed by atoms with Gasteiger partial charge in [0, 0.05) is 13.2 Å². The normalized spacial score (nSPS) is 24.6. The summed E-state index contributed by atoms with van der Waals surface area (Å²) in [5.41, 5.74) is 3.41. The lowest BCUT2D eigenvalue weighted by Gasteiger charge is -2.35. The highest BCUT2D eigenvalue weighted by Crippen LogP contribution is 2.29. The fourth-order valence-electron chi connectivity index (χ4n) is 5.66. The van der Waals surface area contributed by atoms with E-state index in [1.165, 1.54) is 5.56 Å². The van der Waals surface area contributed by atoms with E-state index in [2.05, 4.69) is 41.8 Å². The number of carbonyl (C=O) groups is 1. The Morgan fingerprint density at radius 2 is 1.82 bits per heavy atom. The van der Waals surface area contributed by atoms with Crippen molar-refractivity contribution >= 4 is 5.91 Å². The molecule has 0 radical (unpaired) electrons. The molecule has 1 amide bonds. The molecular weight excluding hydrogens is 492 g/mol. The van der Waals surface area contributed by atoms with Gasteiger partial charge < -0.3 is 29.6 Å². The Kier molecular flexibility index (Phi) is 11.4. The first-order chi connectivity index (χ1) is 18.9. The zero-order valence-corrected chi connectivity index (χ0v) is 23.9. The van der Waals surface area contributed by atoms with Gasteiger partial charge >= 0.3 is 0 Å². The number of benzene rings is 2. The third kappa shape index (κ3) is 8.60. The summed E-state index contributed by atoms with van der Waals surface area (Å²) in [6, 6.07) is 18.4. The van der Waals surface area contributed by atoms with E-state index in [0.717, 1.165) is 49.8 Å². The van der Waals surface area contributed by atoms with Crippen molar-refractivity contribution in [3.8, 4) is 0 Å². The lowest BCUT2D eigenvalue weighted by molar-refractivity contribution is -0.229. The SMILES string of the molecule is CO[C@@H]([C@@H]1CCCN1)[C@@H](C)C(=O)N[C@H](C)[C@@H](OC1CCCC(COCc2ccc(C)cc2)O1)c1ccccc1. The quantitative estimate of drug-likeness (QED) is 0.371. The predicted octanol–water partition coefficient (Wildman–Crippen LogP) is 5.07. The Labute approximate surface area is 233 Å². The maximum absolute atomic E-state index is 13.3. The van der Waals surface area contributed by atoms with Crippen LogP contribution in [0.4, 0.5) is 0 Å². The Morgan fingerprint density at radius 1 is 1.05 bits per heavy atom. The van der Waals surface area contributed by atoms with Crippen LogP contribution in [0.5, 0.6) is 0 Å². The number of carbonyl (C=O) groups excluding carboxylic acids is 1. The van der Waals surface area contributed by atoms with E-state index in [4.69, 9.17) is 18.9 Å². The van der Waals surface area contributed by atoms with Crippen molar-refractivity contribution in [1.82, 2.24) is 10.6 Å². The van der Waals surface area contributed by atoms with E-state index in [1.54, 1.807) is 7.11 Å². The van der Waals surface area contributed by atoms with Crippen LogP contribution in [0.15, 0.2) is 54.6 Å². The standard InChI is InChI=1S/C32H46N2O5/c1-22-15-17-25(18-16-22)20-37-21-27-12-8-14-29(38-27)39-31(26-10-6-5-7-11-26)24(3)34-32(35)23(2)30(36-4)28-13-9-19-33-28/h5-7,10-11,15-18,23-24,27-31,33H,8-9,12-14,19-21H2,1-4H3,(H,34,35)/t23-,24-,27?,28+,29?,30-,31-/m1/s1. The minimum atomic E-state index is -0.358. The number of amides is 1. The molecule has 2 unspecified atom stereocenters. The average Bonchev–Trinajstić information content (AvgIpc) is 3.48. The van der Waals surface area contributed by atoms with Gasteiger partial charge in [0.15, 0.2) is 6.29 Å². The first-order valence-corrected chi connectivity index (χ1v) is 14.5. The second-order valence-electron chi connectivity index (χ2n) is 11.1. The van der Waals surface area contributed by atoms with Crippen molar-refractivity contribution in [1.29, 1.82) is 0 Å². The first kappa shape index (κ1) is 29.7. The highest BCUT2D eigenvalue weighted by molar-refractivity contribution is 5.79. The molecule has 2 aromatic carbocycles. The number of ether oxygens (including phenoxy) is 4. The van der Waals surface area contributed by atoms with Gasteiger partial charge in [0.2, 0.25) is 5.91 Å². The summed E-state index contributed by atoms with van der Waals surface area (Å²) in [6.45, 7) is 8.10. The zero-order chi connectivity index (χ0) is 27.6. The Bertz CT molecular complexity index is 995. The monoisotopic (exact) mass is 538 g/mol. The van der Waals surface area contributed by atoms with Crippen LogP contribution in [0.1, 0.15) is 68.7 Å². The van der Waals surface area contributed by atoms with E-state index in [0.29, 0.717) is 13.2 Å². The molecule has 2 heterocycles. The molecule has 0 bridgehead atoms. The van der Waals surface area contributed by atoms with Crippen molar-refractivity contribution in [2.75, 3.05) is 20.3 Å². The molecule has 7 nitrogen and oxygen atoms in total. The molecule has 0 aromatic heterocycles. The number of rotatable bonds is 13. The Hall–Kier alpha value is -2.29. The highest BCUT2D eigenvalue weighted by atomic mass is 16.7. The van der Waals surface area contributed by atoms with Gasteiger partial charge in [-0.2, -0.15) is 0 Å². The lowest BCUT2D eigenvalue weighted by Crippen LogP contribution is -2.49. The van der Waals surface area contributed by atoms with E-state index >= 15 is 0 Å². The van der Waals surface area contributed by atoms with Crippen LogP contribution in [-0.4, -0.2) is 56.8 Å². The Balaban J connectivity index is 1.34. The van der Waals surface area contributed by atoms with Crippen LogP contribution >= 0.6 is 0 Å². The van der Waals surface area contributed by atoms with Crippen LogP contribution in [-0.2, 0) is 30.3 Å². The molecule has 2 aliphatic rings. The fourth-order valence-corrected chi connectivity index (χ4v) is 5.66. The number of aryl methyl sites for hydroxylation is 1. The van der Waals surface area contributed by atoms with E-state index in [-0.39, 0.29) is 48.5 Å². The molecule has 2 fully saturated rings. The summed E-state index contributed by atoms with van der Waals surface area (Å²) in [5.74, 6) is -0.315. The Morgan fingerprint density at radius 3 is 2.51 bits per heavy atom. The molecule has 2 aromatic rings. The zero-order valence-electron chi connectivity index (χ0n) is 23.9. The van der Waals surface area contributed by atoms with Gasteiger partial charge in [-0.15, -0.1) is 0 Å². The van der Waals surface area contributed by atoms with Crippen molar-refractivity contribution in [3.05, 3.63) is 71.3 Å². The van der Waals surface area contributed by atoms with E-state index in [1.807, 2.05) is 44.2 Å².